The Bertz CT molecular complexity index is 324. The summed E-state index contributed by atoms with van der Waals surface area (Å²) >= 11 is 0. The summed E-state index contributed by atoms with van der Waals surface area (Å²) in [5.74, 6) is 0.132. The van der Waals surface area contributed by atoms with Gasteiger partial charge in [-0.1, -0.05) is 6.07 Å². The molecule has 0 spiro atoms. The minimum absolute atomic E-state index is 0.0901. The second-order valence-electron chi connectivity index (χ2n) is 3.30. The molecule has 2 amide bonds. The number of aromatic hydroxyl groups is 1. The molecule has 76 valence electrons. The van der Waals surface area contributed by atoms with Gasteiger partial charge in [0.15, 0.2) is 0 Å². The summed E-state index contributed by atoms with van der Waals surface area (Å²) in [6.45, 7) is 3.75. The fourth-order valence-electron chi connectivity index (χ4n) is 1.01. The minimum atomic E-state index is -0.273. The fourth-order valence-corrected chi connectivity index (χ4v) is 1.01. The van der Waals surface area contributed by atoms with Crippen LogP contribution >= 0.6 is 0 Å². The Hall–Kier alpha value is -1.71. The van der Waals surface area contributed by atoms with E-state index in [4.69, 9.17) is 5.11 Å². The van der Waals surface area contributed by atoms with Gasteiger partial charge in [-0.3, -0.25) is 0 Å². The highest BCUT2D eigenvalue weighted by Crippen LogP contribution is 2.14. The number of urea groups is 1. The zero-order valence-corrected chi connectivity index (χ0v) is 8.24. The maximum atomic E-state index is 11.2. The maximum Gasteiger partial charge on any atom is 0.319 e. The van der Waals surface area contributed by atoms with E-state index in [-0.39, 0.29) is 17.8 Å². The van der Waals surface area contributed by atoms with Crippen molar-refractivity contribution in [1.82, 2.24) is 5.32 Å². The molecule has 0 bridgehead atoms. The minimum Gasteiger partial charge on any atom is -0.508 e. The number of amides is 2. The second kappa shape index (κ2) is 4.50. The number of hydrogen-bond donors (Lipinski definition) is 3. The predicted molar refractivity (Wildman–Crippen MR) is 55.4 cm³/mol. The third-order valence-electron chi connectivity index (χ3n) is 1.52. The molecule has 1 aromatic carbocycles. The summed E-state index contributed by atoms with van der Waals surface area (Å²) in [6.07, 6.45) is 0. The first-order valence-corrected chi connectivity index (χ1v) is 4.44. The second-order valence-corrected chi connectivity index (χ2v) is 3.30. The molecule has 0 aliphatic heterocycles. The van der Waals surface area contributed by atoms with Crippen LogP contribution in [0.2, 0.25) is 0 Å². The van der Waals surface area contributed by atoms with Crippen molar-refractivity contribution in [3.63, 3.8) is 0 Å². The molecular formula is C10H14N2O2. The van der Waals surface area contributed by atoms with Crippen molar-refractivity contribution >= 4 is 11.7 Å². The standard InChI is InChI=1S/C10H14N2O2/c1-7(2)11-10(14)12-8-4-3-5-9(13)6-8/h3-7,13H,1-2H3,(H2,11,12,14). The molecule has 0 aromatic heterocycles. The van der Waals surface area contributed by atoms with Gasteiger partial charge in [-0.15, -0.1) is 0 Å². The number of phenolic OH excluding ortho intramolecular Hbond substituents is 1. The normalized spacial score (nSPS) is 9.93. The van der Waals surface area contributed by atoms with Gasteiger partial charge in [-0.25, -0.2) is 4.79 Å². The van der Waals surface area contributed by atoms with Crippen LogP contribution in [0.4, 0.5) is 10.5 Å². The van der Waals surface area contributed by atoms with E-state index >= 15 is 0 Å². The first kappa shape index (κ1) is 10.4. The van der Waals surface area contributed by atoms with Crippen LogP contribution in [0.3, 0.4) is 0 Å². The van der Waals surface area contributed by atoms with E-state index in [0.29, 0.717) is 5.69 Å². The third kappa shape index (κ3) is 3.35. The Kier molecular flexibility index (Phi) is 3.34. The molecule has 0 aliphatic carbocycles. The molecule has 0 radical (unpaired) electrons. The molecule has 0 heterocycles. The third-order valence-corrected chi connectivity index (χ3v) is 1.52. The SMILES string of the molecule is CC(C)NC(=O)Nc1cccc(O)c1. The number of hydrogen-bond acceptors (Lipinski definition) is 2. The van der Waals surface area contributed by atoms with Crippen molar-refractivity contribution in [2.24, 2.45) is 0 Å². The van der Waals surface area contributed by atoms with Gasteiger partial charge in [0.05, 0.1) is 0 Å². The van der Waals surface area contributed by atoms with Crippen LogP contribution in [-0.2, 0) is 0 Å². The molecule has 0 atom stereocenters. The lowest BCUT2D eigenvalue weighted by Gasteiger charge is -2.09. The van der Waals surface area contributed by atoms with Crippen molar-refractivity contribution in [3.05, 3.63) is 24.3 Å². The maximum absolute atomic E-state index is 11.2. The monoisotopic (exact) mass is 194 g/mol. The summed E-state index contributed by atoms with van der Waals surface area (Å²) in [4.78, 5) is 11.2. The number of carbonyl (C=O) groups is 1. The number of anilines is 1. The van der Waals surface area contributed by atoms with Crippen LogP contribution in [0, 0.1) is 0 Å². The molecule has 14 heavy (non-hydrogen) atoms. The quantitative estimate of drug-likeness (QED) is 0.673. The smallest absolute Gasteiger partial charge is 0.319 e. The Morgan fingerprint density at radius 2 is 2.14 bits per heavy atom. The lowest BCUT2D eigenvalue weighted by Crippen LogP contribution is -2.34. The molecule has 0 saturated carbocycles. The van der Waals surface area contributed by atoms with Gasteiger partial charge < -0.3 is 15.7 Å². The van der Waals surface area contributed by atoms with Crippen LogP contribution < -0.4 is 10.6 Å². The Morgan fingerprint density at radius 3 is 2.71 bits per heavy atom. The zero-order chi connectivity index (χ0) is 10.6. The summed E-state index contributed by atoms with van der Waals surface area (Å²) in [6, 6.07) is 6.23. The van der Waals surface area contributed by atoms with Gasteiger partial charge >= 0.3 is 6.03 Å². The summed E-state index contributed by atoms with van der Waals surface area (Å²) in [5, 5.41) is 14.4. The van der Waals surface area contributed by atoms with E-state index < -0.39 is 0 Å². The highest BCUT2D eigenvalue weighted by Gasteiger charge is 2.02. The summed E-state index contributed by atoms with van der Waals surface area (Å²) in [7, 11) is 0. The average molecular weight is 194 g/mol. The highest BCUT2D eigenvalue weighted by atomic mass is 16.3. The first-order chi connectivity index (χ1) is 6.58. The van der Waals surface area contributed by atoms with Crippen molar-refractivity contribution in [1.29, 1.82) is 0 Å². The number of carbonyl (C=O) groups excluding carboxylic acids is 1. The Labute approximate surface area is 82.9 Å². The van der Waals surface area contributed by atoms with Gasteiger partial charge in [-0.05, 0) is 26.0 Å². The van der Waals surface area contributed by atoms with Crippen LogP contribution in [0.1, 0.15) is 13.8 Å². The molecular weight excluding hydrogens is 180 g/mol. The molecule has 1 aromatic rings. The van der Waals surface area contributed by atoms with E-state index in [1.165, 1.54) is 6.07 Å². The molecule has 4 heteroatoms. The lowest BCUT2D eigenvalue weighted by molar-refractivity contribution is 0.250. The molecule has 4 nitrogen and oxygen atoms in total. The lowest BCUT2D eigenvalue weighted by atomic mass is 10.3. The highest BCUT2D eigenvalue weighted by molar-refractivity contribution is 5.89. The molecule has 0 saturated heterocycles. The number of rotatable bonds is 2. The van der Waals surface area contributed by atoms with Crippen molar-refractivity contribution in [2.75, 3.05) is 5.32 Å². The van der Waals surface area contributed by atoms with E-state index in [0.717, 1.165) is 0 Å². The first-order valence-electron chi connectivity index (χ1n) is 4.44. The number of nitrogens with one attached hydrogen (secondary N) is 2. The molecule has 0 aliphatic rings. The molecule has 3 N–H and O–H groups in total. The van der Waals surface area contributed by atoms with Crippen LogP contribution in [-0.4, -0.2) is 17.2 Å². The molecule has 0 unspecified atom stereocenters. The Balaban J connectivity index is 2.56. The van der Waals surface area contributed by atoms with Gasteiger partial charge in [0.1, 0.15) is 5.75 Å². The van der Waals surface area contributed by atoms with Gasteiger partial charge in [-0.2, -0.15) is 0 Å². The fraction of sp³-hybridized carbons (Fsp3) is 0.300. The summed E-state index contributed by atoms with van der Waals surface area (Å²) < 4.78 is 0. The van der Waals surface area contributed by atoms with Gasteiger partial charge in [0, 0.05) is 17.8 Å². The predicted octanol–water partition coefficient (Wildman–Crippen LogP) is 1.92. The average Bonchev–Trinajstić information content (AvgIpc) is 2.01. The number of phenols is 1. The van der Waals surface area contributed by atoms with Crippen molar-refractivity contribution in [2.45, 2.75) is 19.9 Å². The number of benzene rings is 1. The zero-order valence-electron chi connectivity index (χ0n) is 8.24. The molecule has 0 fully saturated rings. The van der Waals surface area contributed by atoms with Gasteiger partial charge in [0.2, 0.25) is 0 Å². The van der Waals surface area contributed by atoms with E-state index in [2.05, 4.69) is 10.6 Å². The topological polar surface area (TPSA) is 61.4 Å². The van der Waals surface area contributed by atoms with Crippen LogP contribution in [0.5, 0.6) is 5.75 Å². The van der Waals surface area contributed by atoms with Crippen LogP contribution in [0.25, 0.3) is 0 Å². The van der Waals surface area contributed by atoms with Crippen molar-refractivity contribution < 1.29 is 9.90 Å². The van der Waals surface area contributed by atoms with E-state index in [9.17, 15) is 4.79 Å². The summed E-state index contributed by atoms with van der Waals surface area (Å²) in [5.41, 5.74) is 0.572. The Morgan fingerprint density at radius 1 is 1.43 bits per heavy atom. The van der Waals surface area contributed by atoms with E-state index in [1.807, 2.05) is 13.8 Å². The molecule has 1 rings (SSSR count). The van der Waals surface area contributed by atoms with E-state index in [1.54, 1.807) is 18.2 Å². The van der Waals surface area contributed by atoms with Gasteiger partial charge in [0.25, 0.3) is 0 Å². The van der Waals surface area contributed by atoms with Crippen LogP contribution in [0.15, 0.2) is 24.3 Å². The van der Waals surface area contributed by atoms with Crippen molar-refractivity contribution in [3.8, 4) is 5.75 Å². The largest absolute Gasteiger partial charge is 0.508 e.